The van der Waals surface area contributed by atoms with Gasteiger partial charge in [0.15, 0.2) is 0 Å². The van der Waals surface area contributed by atoms with Crippen LogP contribution < -0.4 is 10.6 Å². The zero-order valence-electron chi connectivity index (χ0n) is 16.3. The van der Waals surface area contributed by atoms with E-state index in [-0.39, 0.29) is 5.91 Å². The average Bonchev–Trinajstić information content (AvgIpc) is 2.98. The molecule has 178 valence electrons. The molecule has 1 spiro atoms. The van der Waals surface area contributed by atoms with Gasteiger partial charge in [-0.15, -0.1) is 0 Å². The molecular weight excluding hydrogens is 440 g/mol. The van der Waals surface area contributed by atoms with Gasteiger partial charge < -0.3 is 20.8 Å². The zero-order chi connectivity index (χ0) is 23.9. The maximum Gasteiger partial charge on any atom is 0.490 e. The fourth-order valence-electron chi connectivity index (χ4n) is 3.29. The van der Waals surface area contributed by atoms with Crippen molar-refractivity contribution in [3.63, 3.8) is 0 Å². The van der Waals surface area contributed by atoms with E-state index >= 15 is 0 Å². The highest BCUT2D eigenvalue weighted by Gasteiger charge is 2.45. The molecule has 14 heteroatoms. The van der Waals surface area contributed by atoms with E-state index in [9.17, 15) is 31.1 Å². The fraction of sp³-hybridized carbons (Fsp3) is 0.765. The van der Waals surface area contributed by atoms with Crippen LogP contribution in [0.1, 0.15) is 44.9 Å². The maximum atomic E-state index is 12.2. The van der Waals surface area contributed by atoms with Crippen LogP contribution in [0.25, 0.3) is 0 Å². The minimum atomic E-state index is -5.08. The van der Waals surface area contributed by atoms with Crippen LogP contribution in [0.15, 0.2) is 4.99 Å². The van der Waals surface area contributed by atoms with E-state index in [2.05, 4.69) is 10.6 Å². The molecule has 8 nitrogen and oxygen atoms in total. The van der Waals surface area contributed by atoms with Gasteiger partial charge in [0.1, 0.15) is 11.4 Å². The number of hydrogen-bond acceptors (Lipinski definition) is 5. The van der Waals surface area contributed by atoms with Gasteiger partial charge in [-0.1, -0.05) is 19.3 Å². The van der Waals surface area contributed by atoms with Crippen LogP contribution in [0.4, 0.5) is 26.3 Å². The quantitative estimate of drug-likeness (QED) is 0.443. The third-order valence-corrected chi connectivity index (χ3v) is 4.91. The number of halogens is 6. The number of nitrogens with one attached hydrogen (secondary N) is 2. The first kappa shape index (κ1) is 26.7. The van der Waals surface area contributed by atoms with Crippen LogP contribution in [-0.2, 0) is 14.4 Å². The number of hydrogen-bond donors (Lipinski definition) is 4. The number of nitrogens with zero attached hydrogens (tertiary/aromatic N) is 1. The third-order valence-electron chi connectivity index (χ3n) is 4.91. The Kier molecular flexibility index (Phi) is 9.26. The number of carbonyl (C=O) groups excluding carboxylic acids is 1. The van der Waals surface area contributed by atoms with Crippen molar-refractivity contribution in [3.05, 3.63) is 0 Å². The normalized spacial score (nSPS) is 21.1. The minimum absolute atomic E-state index is 0.152. The number of amides is 1. The van der Waals surface area contributed by atoms with Crippen LogP contribution in [0.3, 0.4) is 0 Å². The molecule has 1 saturated carbocycles. The lowest BCUT2D eigenvalue weighted by Gasteiger charge is -2.28. The second-order valence-electron chi connectivity index (χ2n) is 7.17. The number of carbonyl (C=O) groups is 3. The summed E-state index contributed by atoms with van der Waals surface area (Å²) in [6.45, 7) is 1.82. The first-order chi connectivity index (χ1) is 14.2. The van der Waals surface area contributed by atoms with Crippen LogP contribution in [0.2, 0.25) is 0 Å². The molecule has 0 bridgehead atoms. The van der Waals surface area contributed by atoms with Gasteiger partial charge in [-0.25, -0.2) is 9.59 Å². The van der Waals surface area contributed by atoms with Gasteiger partial charge in [-0.05, 0) is 38.8 Å². The zero-order valence-corrected chi connectivity index (χ0v) is 16.3. The number of piperidine rings is 1. The summed E-state index contributed by atoms with van der Waals surface area (Å²) in [5.74, 6) is -3.85. The Morgan fingerprint density at radius 2 is 1.32 bits per heavy atom. The van der Waals surface area contributed by atoms with Gasteiger partial charge >= 0.3 is 24.3 Å². The first-order valence-electron chi connectivity index (χ1n) is 9.41. The SMILES string of the molecule is O=C(O)C(F)(F)F.O=C(O)C(F)(F)F.O=C1NC(C2CCCCC2)=NC12CCNCC2. The highest BCUT2D eigenvalue weighted by molar-refractivity contribution is 6.09. The predicted molar refractivity (Wildman–Crippen MR) is 94.4 cm³/mol. The fourth-order valence-corrected chi connectivity index (χ4v) is 3.29. The van der Waals surface area contributed by atoms with E-state index in [1.807, 2.05) is 0 Å². The highest BCUT2D eigenvalue weighted by atomic mass is 19.4. The van der Waals surface area contributed by atoms with Gasteiger partial charge in [0.05, 0.1) is 0 Å². The summed E-state index contributed by atoms with van der Waals surface area (Å²) in [5, 5.41) is 20.6. The van der Waals surface area contributed by atoms with E-state index in [1.165, 1.54) is 32.1 Å². The molecule has 0 aromatic carbocycles. The summed E-state index contributed by atoms with van der Waals surface area (Å²) < 4.78 is 63.5. The molecule has 1 saturated heterocycles. The van der Waals surface area contributed by atoms with Crippen molar-refractivity contribution in [2.75, 3.05) is 13.1 Å². The molecule has 0 unspecified atom stereocenters. The van der Waals surface area contributed by atoms with Crippen molar-refractivity contribution < 1.29 is 50.9 Å². The van der Waals surface area contributed by atoms with Crippen LogP contribution in [0, 0.1) is 5.92 Å². The predicted octanol–water partition coefficient (Wildman–Crippen LogP) is 2.48. The lowest BCUT2D eigenvalue weighted by atomic mass is 9.88. The smallest absolute Gasteiger partial charge is 0.475 e. The van der Waals surface area contributed by atoms with E-state index < -0.39 is 29.8 Å². The molecule has 31 heavy (non-hydrogen) atoms. The van der Waals surface area contributed by atoms with E-state index in [4.69, 9.17) is 24.8 Å². The lowest BCUT2D eigenvalue weighted by Crippen LogP contribution is -2.47. The Hall–Kier alpha value is -2.38. The standard InChI is InChI=1S/C13H21N3O.2C2HF3O2/c17-12-13(6-8-14-9-7-13)16-11(15-12)10-4-2-1-3-5-10;2*3-2(4,5)1(6)7/h10,14H,1-9H2,(H,15,16,17);2*(H,6,7). The Bertz CT molecular complexity index is 657. The van der Waals surface area contributed by atoms with Crippen molar-refractivity contribution in [1.29, 1.82) is 0 Å². The molecule has 1 aliphatic carbocycles. The largest absolute Gasteiger partial charge is 0.490 e. The van der Waals surface area contributed by atoms with Gasteiger partial charge in [-0.3, -0.25) is 9.79 Å². The van der Waals surface area contributed by atoms with Crippen LogP contribution in [-0.4, -0.2) is 64.9 Å². The molecular formula is C17H23F6N3O5. The summed E-state index contributed by atoms with van der Waals surface area (Å²) in [5.41, 5.74) is -0.419. The Morgan fingerprint density at radius 3 is 1.71 bits per heavy atom. The number of aliphatic imine (C=N–C) groups is 1. The van der Waals surface area contributed by atoms with Crippen molar-refractivity contribution in [1.82, 2.24) is 10.6 Å². The highest BCUT2D eigenvalue weighted by Crippen LogP contribution is 2.32. The molecule has 2 aliphatic heterocycles. The van der Waals surface area contributed by atoms with Gasteiger partial charge in [0.25, 0.3) is 5.91 Å². The van der Waals surface area contributed by atoms with Crippen molar-refractivity contribution >= 4 is 23.7 Å². The second kappa shape index (κ2) is 10.8. The van der Waals surface area contributed by atoms with Crippen molar-refractivity contribution in [3.8, 4) is 0 Å². The van der Waals surface area contributed by atoms with E-state index in [0.717, 1.165) is 31.8 Å². The number of aliphatic carboxylic acids is 2. The number of carboxylic acid groups (broad SMARTS) is 2. The molecule has 2 heterocycles. The second-order valence-corrected chi connectivity index (χ2v) is 7.17. The molecule has 0 aromatic rings. The topological polar surface area (TPSA) is 128 Å². The molecule has 3 aliphatic rings. The summed E-state index contributed by atoms with van der Waals surface area (Å²) >= 11 is 0. The number of rotatable bonds is 1. The Labute approximate surface area is 173 Å². The Morgan fingerprint density at radius 1 is 0.903 bits per heavy atom. The molecule has 0 atom stereocenters. The monoisotopic (exact) mass is 463 g/mol. The summed E-state index contributed by atoms with van der Waals surface area (Å²) in [6.07, 6.45) is -2.14. The lowest BCUT2D eigenvalue weighted by molar-refractivity contribution is -0.193. The average molecular weight is 463 g/mol. The van der Waals surface area contributed by atoms with Gasteiger partial charge in [-0.2, -0.15) is 26.3 Å². The molecule has 4 N–H and O–H groups in total. The van der Waals surface area contributed by atoms with Gasteiger partial charge in [0.2, 0.25) is 0 Å². The summed E-state index contributed by atoms with van der Waals surface area (Å²) in [7, 11) is 0. The van der Waals surface area contributed by atoms with Gasteiger partial charge in [0, 0.05) is 5.92 Å². The molecule has 0 radical (unpaired) electrons. The van der Waals surface area contributed by atoms with E-state index in [1.54, 1.807) is 0 Å². The summed E-state index contributed by atoms with van der Waals surface area (Å²) in [4.78, 5) is 34.7. The van der Waals surface area contributed by atoms with Crippen LogP contribution in [0.5, 0.6) is 0 Å². The minimum Gasteiger partial charge on any atom is -0.475 e. The number of amidine groups is 1. The molecule has 3 rings (SSSR count). The molecule has 2 fully saturated rings. The third kappa shape index (κ3) is 8.34. The Balaban J connectivity index is 0.000000288. The summed E-state index contributed by atoms with van der Waals surface area (Å²) in [6, 6.07) is 0. The maximum absolute atomic E-state index is 12.2. The first-order valence-corrected chi connectivity index (χ1v) is 9.41. The van der Waals surface area contributed by atoms with Crippen molar-refractivity contribution in [2.45, 2.75) is 62.8 Å². The number of carboxylic acids is 2. The number of alkyl halides is 6. The van der Waals surface area contributed by atoms with Crippen LogP contribution >= 0.6 is 0 Å². The molecule has 0 aromatic heterocycles. The van der Waals surface area contributed by atoms with Crippen molar-refractivity contribution in [2.24, 2.45) is 10.9 Å². The molecule has 1 amide bonds. The van der Waals surface area contributed by atoms with E-state index in [0.29, 0.717) is 5.92 Å².